The van der Waals surface area contributed by atoms with Gasteiger partial charge in [-0.1, -0.05) is 0 Å². The van der Waals surface area contributed by atoms with Gasteiger partial charge in [-0.3, -0.25) is 14.6 Å². The molecule has 6 rings (SSSR count). The Balaban J connectivity index is 1.18. The Kier molecular flexibility index (Phi) is 4.21. The van der Waals surface area contributed by atoms with E-state index in [1.165, 1.54) is 38.5 Å². The zero-order valence-electron chi connectivity index (χ0n) is 16.0. The predicted molar refractivity (Wildman–Crippen MR) is 102 cm³/mol. The van der Waals surface area contributed by atoms with Gasteiger partial charge in [0.2, 0.25) is 5.91 Å². The number of carbonyl (C=O) groups is 2. The summed E-state index contributed by atoms with van der Waals surface area (Å²) >= 11 is 0. The zero-order valence-corrected chi connectivity index (χ0v) is 16.0. The van der Waals surface area contributed by atoms with Crippen molar-refractivity contribution in [1.29, 1.82) is 0 Å². The van der Waals surface area contributed by atoms with Crippen LogP contribution in [0.25, 0.3) is 0 Å². The zero-order chi connectivity index (χ0) is 18.4. The van der Waals surface area contributed by atoms with Gasteiger partial charge in [0, 0.05) is 50.6 Å². The minimum absolute atomic E-state index is 0.0468. The van der Waals surface area contributed by atoms with E-state index in [2.05, 4.69) is 4.98 Å². The number of rotatable bonds is 3. The first kappa shape index (κ1) is 17.2. The SMILES string of the molecule is O=C(CC12CC3CC(CC(C3)C1)C2)N1CCN(C(=O)c2ccncc2)CC1. The molecule has 1 saturated heterocycles. The van der Waals surface area contributed by atoms with E-state index >= 15 is 0 Å². The van der Waals surface area contributed by atoms with Crippen molar-refractivity contribution in [3.05, 3.63) is 30.1 Å². The molecule has 1 aromatic heterocycles. The molecule has 5 aliphatic rings. The molecule has 0 aromatic carbocycles. The first-order valence-electron chi connectivity index (χ1n) is 10.6. The molecule has 5 nitrogen and oxygen atoms in total. The highest BCUT2D eigenvalue weighted by atomic mass is 16.2. The summed E-state index contributed by atoms with van der Waals surface area (Å²) in [5, 5.41) is 0. The second-order valence-electron chi connectivity index (χ2n) is 9.50. The van der Waals surface area contributed by atoms with Crippen LogP contribution in [0, 0.1) is 23.2 Å². The normalized spacial score (nSPS) is 34.7. The summed E-state index contributed by atoms with van der Waals surface area (Å²) in [6.07, 6.45) is 12.2. The van der Waals surface area contributed by atoms with E-state index in [-0.39, 0.29) is 5.91 Å². The molecular weight excluding hydrogens is 338 g/mol. The largest absolute Gasteiger partial charge is 0.339 e. The van der Waals surface area contributed by atoms with Crippen LogP contribution in [-0.4, -0.2) is 52.8 Å². The first-order valence-corrected chi connectivity index (χ1v) is 10.6. The van der Waals surface area contributed by atoms with Crippen molar-refractivity contribution >= 4 is 11.8 Å². The average Bonchev–Trinajstić information content (AvgIpc) is 2.67. The molecule has 0 atom stereocenters. The predicted octanol–water partition coefficient (Wildman–Crippen LogP) is 2.97. The highest BCUT2D eigenvalue weighted by Gasteiger charge is 2.51. The van der Waals surface area contributed by atoms with E-state index in [0.717, 1.165) is 24.2 Å². The van der Waals surface area contributed by atoms with Crippen LogP contribution < -0.4 is 0 Å². The van der Waals surface area contributed by atoms with E-state index in [9.17, 15) is 9.59 Å². The molecule has 0 spiro atoms. The molecule has 1 aliphatic heterocycles. The van der Waals surface area contributed by atoms with Crippen molar-refractivity contribution in [2.75, 3.05) is 26.2 Å². The Labute approximate surface area is 161 Å². The van der Waals surface area contributed by atoms with Crippen LogP contribution >= 0.6 is 0 Å². The van der Waals surface area contributed by atoms with Gasteiger partial charge < -0.3 is 9.80 Å². The fourth-order valence-corrected chi connectivity index (χ4v) is 6.78. The van der Waals surface area contributed by atoms with Crippen LogP contribution in [0.4, 0.5) is 0 Å². The topological polar surface area (TPSA) is 53.5 Å². The molecule has 2 amide bonds. The molecule has 0 N–H and O–H groups in total. The lowest BCUT2D eigenvalue weighted by Gasteiger charge is -2.57. The first-order chi connectivity index (χ1) is 13.1. The maximum Gasteiger partial charge on any atom is 0.254 e. The van der Waals surface area contributed by atoms with Gasteiger partial charge >= 0.3 is 0 Å². The summed E-state index contributed by atoms with van der Waals surface area (Å²) in [7, 11) is 0. The number of piperazine rings is 1. The molecule has 0 radical (unpaired) electrons. The number of hydrogen-bond acceptors (Lipinski definition) is 3. The van der Waals surface area contributed by atoms with Gasteiger partial charge in [-0.05, 0) is 73.8 Å². The summed E-state index contributed by atoms with van der Waals surface area (Å²) in [4.78, 5) is 33.5. The molecule has 1 aromatic rings. The minimum Gasteiger partial charge on any atom is -0.339 e. The van der Waals surface area contributed by atoms with Gasteiger partial charge in [0.25, 0.3) is 5.91 Å². The number of aromatic nitrogens is 1. The van der Waals surface area contributed by atoms with E-state index in [4.69, 9.17) is 0 Å². The molecular formula is C22H29N3O2. The monoisotopic (exact) mass is 367 g/mol. The Morgan fingerprint density at radius 1 is 0.889 bits per heavy atom. The smallest absolute Gasteiger partial charge is 0.254 e. The third-order valence-electron chi connectivity index (χ3n) is 7.54. The number of nitrogens with zero attached hydrogens (tertiary/aromatic N) is 3. The number of amides is 2. The molecule has 2 heterocycles. The third kappa shape index (κ3) is 3.26. The van der Waals surface area contributed by atoms with E-state index in [0.29, 0.717) is 43.1 Å². The summed E-state index contributed by atoms with van der Waals surface area (Å²) in [6.45, 7) is 2.60. The van der Waals surface area contributed by atoms with Crippen molar-refractivity contribution in [3.63, 3.8) is 0 Å². The van der Waals surface area contributed by atoms with Crippen LogP contribution in [0.5, 0.6) is 0 Å². The lowest BCUT2D eigenvalue weighted by Crippen LogP contribution is -2.53. The second kappa shape index (κ2) is 6.61. The maximum atomic E-state index is 13.0. The summed E-state index contributed by atoms with van der Waals surface area (Å²) in [5.74, 6) is 3.04. The van der Waals surface area contributed by atoms with E-state index in [1.54, 1.807) is 24.5 Å². The average molecular weight is 367 g/mol. The van der Waals surface area contributed by atoms with Gasteiger partial charge in [-0.25, -0.2) is 0 Å². The van der Waals surface area contributed by atoms with Crippen LogP contribution in [0.1, 0.15) is 55.3 Å². The van der Waals surface area contributed by atoms with Crippen molar-refractivity contribution in [2.45, 2.75) is 44.9 Å². The fourth-order valence-electron chi connectivity index (χ4n) is 6.78. The van der Waals surface area contributed by atoms with Crippen LogP contribution in [-0.2, 0) is 4.79 Å². The Hall–Kier alpha value is -1.91. The molecule has 4 bridgehead atoms. The third-order valence-corrected chi connectivity index (χ3v) is 7.54. The van der Waals surface area contributed by atoms with Crippen molar-refractivity contribution in [3.8, 4) is 0 Å². The van der Waals surface area contributed by atoms with Gasteiger partial charge in [0.15, 0.2) is 0 Å². The molecule has 144 valence electrons. The Bertz CT molecular complexity index is 689. The quantitative estimate of drug-likeness (QED) is 0.825. The van der Waals surface area contributed by atoms with Crippen molar-refractivity contribution < 1.29 is 9.59 Å². The number of hydrogen-bond donors (Lipinski definition) is 0. The van der Waals surface area contributed by atoms with Gasteiger partial charge in [0.05, 0.1) is 0 Å². The number of carbonyl (C=O) groups excluding carboxylic acids is 2. The van der Waals surface area contributed by atoms with Crippen LogP contribution in [0.3, 0.4) is 0 Å². The molecule has 27 heavy (non-hydrogen) atoms. The Morgan fingerprint density at radius 3 is 1.96 bits per heavy atom. The van der Waals surface area contributed by atoms with Gasteiger partial charge in [-0.2, -0.15) is 0 Å². The fraction of sp³-hybridized carbons (Fsp3) is 0.682. The molecule has 5 heteroatoms. The molecule has 4 aliphatic carbocycles. The van der Waals surface area contributed by atoms with Crippen LogP contribution in [0.15, 0.2) is 24.5 Å². The van der Waals surface area contributed by atoms with Crippen LogP contribution in [0.2, 0.25) is 0 Å². The standard InChI is InChI=1S/C22H29N3O2/c26-20(15-22-12-16-9-17(13-22)11-18(10-16)14-22)24-5-7-25(8-6-24)21(27)19-1-3-23-4-2-19/h1-4,16-18H,5-15H2. The molecule has 5 fully saturated rings. The minimum atomic E-state index is 0.0468. The highest BCUT2D eigenvalue weighted by Crippen LogP contribution is 2.61. The van der Waals surface area contributed by atoms with E-state index < -0.39 is 0 Å². The second-order valence-corrected chi connectivity index (χ2v) is 9.50. The lowest BCUT2D eigenvalue weighted by molar-refractivity contribution is -0.141. The molecule has 0 unspecified atom stereocenters. The van der Waals surface area contributed by atoms with Crippen molar-refractivity contribution in [2.24, 2.45) is 23.2 Å². The summed E-state index contributed by atoms with van der Waals surface area (Å²) in [5.41, 5.74) is 0.980. The lowest BCUT2D eigenvalue weighted by atomic mass is 9.49. The number of pyridine rings is 1. The summed E-state index contributed by atoms with van der Waals surface area (Å²) in [6, 6.07) is 3.51. The van der Waals surface area contributed by atoms with Gasteiger partial charge in [0.1, 0.15) is 0 Å². The van der Waals surface area contributed by atoms with Gasteiger partial charge in [-0.15, -0.1) is 0 Å². The maximum absolute atomic E-state index is 13.0. The van der Waals surface area contributed by atoms with E-state index in [1.807, 2.05) is 9.80 Å². The molecule has 4 saturated carbocycles. The Morgan fingerprint density at radius 2 is 1.41 bits per heavy atom. The van der Waals surface area contributed by atoms with Crippen molar-refractivity contribution in [1.82, 2.24) is 14.8 Å². The summed E-state index contributed by atoms with van der Waals surface area (Å²) < 4.78 is 0. The highest BCUT2D eigenvalue weighted by molar-refractivity contribution is 5.94.